The third-order valence-corrected chi connectivity index (χ3v) is 16.1. The number of hydroxylamine groups is 1. The molecule has 1 aromatic rings. The van der Waals surface area contributed by atoms with Crippen LogP contribution in [0.25, 0.3) is 5.57 Å². The second kappa shape index (κ2) is 13.0. The van der Waals surface area contributed by atoms with Gasteiger partial charge in [0, 0.05) is 13.1 Å². The number of allylic oxidation sites excluding steroid dienone is 3. The fraction of sp³-hybridized carbons (Fsp3) is 0.744. The highest BCUT2D eigenvalue weighted by molar-refractivity contribution is 5.88. The average molecular weight is 659 g/mol. The molecule has 0 amide bonds. The summed E-state index contributed by atoms with van der Waals surface area (Å²) in [5, 5.41) is 9.48. The van der Waals surface area contributed by atoms with E-state index in [9.17, 15) is 9.90 Å². The Labute approximate surface area is 292 Å². The van der Waals surface area contributed by atoms with Crippen molar-refractivity contribution in [1.29, 1.82) is 0 Å². The molecule has 0 bridgehead atoms. The van der Waals surface area contributed by atoms with Crippen molar-refractivity contribution in [2.75, 3.05) is 32.8 Å². The molecule has 6 rings (SSSR count). The summed E-state index contributed by atoms with van der Waals surface area (Å²) in [4.78, 5) is 20.4. The van der Waals surface area contributed by atoms with Gasteiger partial charge in [-0.15, -0.1) is 0 Å². The number of hydrogen-bond donors (Lipinski definition) is 2. The van der Waals surface area contributed by atoms with Gasteiger partial charge in [-0.1, -0.05) is 78.8 Å². The van der Waals surface area contributed by atoms with Crippen LogP contribution in [0.1, 0.15) is 129 Å². The molecule has 4 saturated carbocycles. The van der Waals surface area contributed by atoms with Crippen LogP contribution in [0.2, 0.25) is 0 Å². The van der Waals surface area contributed by atoms with Crippen LogP contribution in [-0.2, 0) is 4.84 Å². The standard InChI is InChI=1S/C43H66N2O3/c1-10-45(11-2)27-26-44-48-28-43-23-18-32(29(3)4)37(43)34-16-17-36-40(7)21-19-33(30-12-14-31(15-13-30)38(46)47)39(5,6)35(40)20-22-42(36,9)41(34,8)24-25-43/h12-15,19,32,34-37,44H,3,10-11,16-18,20-28H2,1-2,4-9H3,(H,46,47)/t32-,34?,35?,36?,37?,40-,41+,42+,43+/m0/s1. The summed E-state index contributed by atoms with van der Waals surface area (Å²) in [6.45, 7) is 29.3. The number of aromatic carboxylic acids is 1. The second-order valence-electron chi connectivity index (χ2n) is 18.2. The van der Waals surface area contributed by atoms with Crippen LogP contribution >= 0.6 is 0 Å². The molecule has 5 heteroatoms. The quantitative estimate of drug-likeness (QED) is 0.141. The Kier molecular flexibility index (Phi) is 9.70. The molecular formula is C43H66N2O3. The van der Waals surface area contributed by atoms with Gasteiger partial charge in [0.15, 0.2) is 0 Å². The van der Waals surface area contributed by atoms with Crippen molar-refractivity contribution in [3.8, 4) is 0 Å². The number of carboxylic acids is 1. The van der Waals surface area contributed by atoms with Crippen LogP contribution < -0.4 is 5.48 Å². The maximum absolute atomic E-state index is 11.5. The van der Waals surface area contributed by atoms with Crippen molar-refractivity contribution in [1.82, 2.24) is 10.4 Å². The predicted molar refractivity (Wildman–Crippen MR) is 197 cm³/mol. The van der Waals surface area contributed by atoms with E-state index in [4.69, 9.17) is 4.84 Å². The fourth-order valence-corrected chi connectivity index (χ4v) is 13.4. The van der Waals surface area contributed by atoms with Crippen molar-refractivity contribution in [3.63, 3.8) is 0 Å². The van der Waals surface area contributed by atoms with E-state index in [1.54, 1.807) is 12.1 Å². The van der Waals surface area contributed by atoms with Crippen LogP contribution in [0.4, 0.5) is 0 Å². The molecule has 9 atom stereocenters. The van der Waals surface area contributed by atoms with Gasteiger partial charge in [-0.05, 0) is 158 Å². The Balaban J connectivity index is 1.26. The first-order valence-corrected chi connectivity index (χ1v) is 19.5. The molecule has 0 radical (unpaired) electrons. The van der Waals surface area contributed by atoms with Gasteiger partial charge in [0.25, 0.3) is 0 Å². The molecule has 48 heavy (non-hydrogen) atoms. The zero-order valence-electron chi connectivity index (χ0n) is 31.6. The first kappa shape index (κ1) is 35.9. The summed E-state index contributed by atoms with van der Waals surface area (Å²) in [5.74, 6) is 2.43. The summed E-state index contributed by atoms with van der Waals surface area (Å²) in [5.41, 5.74) is 8.91. The van der Waals surface area contributed by atoms with E-state index in [1.165, 1.54) is 68.1 Å². The maximum atomic E-state index is 11.5. The Morgan fingerprint density at radius 2 is 1.65 bits per heavy atom. The number of carboxylic acid groups (broad SMARTS) is 1. The number of nitrogens with zero attached hydrogens (tertiary/aromatic N) is 1. The lowest BCUT2D eigenvalue weighted by Crippen LogP contribution is -2.65. The highest BCUT2D eigenvalue weighted by atomic mass is 16.6. The minimum absolute atomic E-state index is 0.0324. The zero-order chi connectivity index (χ0) is 34.7. The molecule has 5 aliphatic carbocycles. The van der Waals surface area contributed by atoms with Crippen molar-refractivity contribution in [2.24, 2.45) is 56.7 Å². The van der Waals surface area contributed by atoms with Gasteiger partial charge in [0.05, 0.1) is 12.2 Å². The van der Waals surface area contributed by atoms with Gasteiger partial charge in [-0.2, -0.15) is 0 Å². The van der Waals surface area contributed by atoms with Crippen molar-refractivity contribution in [3.05, 3.63) is 53.6 Å². The number of carbonyl (C=O) groups is 1. The average Bonchev–Trinajstić information content (AvgIpc) is 3.43. The van der Waals surface area contributed by atoms with E-state index in [0.717, 1.165) is 39.2 Å². The third kappa shape index (κ3) is 5.48. The van der Waals surface area contributed by atoms with Crippen LogP contribution in [0.3, 0.4) is 0 Å². The van der Waals surface area contributed by atoms with Crippen LogP contribution in [0, 0.1) is 56.7 Å². The molecule has 5 nitrogen and oxygen atoms in total. The smallest absolute Gasteiger partial charge is 0.335 e. The van der Waals surface area contributed by atoms with E-state index < -0.39 is 5.97 Å². The van der Waals surface area contributed by atoms with Gasteiger partial charge >= 0.3 is 5.97 Å². The van der Waals surface area contributed by atoms with Gasteiger partial charge in [-0.3, -0.25) is 0 Å². The Morgan fingerprint density at radius 1 is 0.938 bits per heavy atom. The summed E-state index contributed by atoms with van der Waals surface area (Å²) >= 11 is 0. The largest absolute Gasteiger partial charge is 0.478 e. The van der Waals surface area contributed by atoms with Crippen LogP contribution in [0.15, 0.2) is 42.5 Å². The lowest BCUT2D eigenvalue weighted by molar-refractivity contribution is -0.231. The molecule has 0 aliphatic heterocycles. The Morgan fingerprint density at radius 3 is 2.29 bits per heavy atom. The molecule has 4 fully saturated rings. The number of hydrogen-bond acceptors (Lipinski definition) is 4. The normalized spacial score (nSPS) is 39.9. The zero-order valence-corrected chi connectivity index (χ0v) is 31.6. The minimum Gasteiger partial charge on any atom is -0.478 e. The molecule has 0 heterocycles. The number of nitrogens with one attached hydrogen (secondary N) is 1. The molecule has 2 N–H and O–H groups in total. The Bertz CT molecular complexity index is 1390. The lowest BCUT2D eigenvalue weighted by atomic mass is 9.32. The topological polar surface area (TPSA) is 61.8 Å². The highest BCUT2D eigenvalue weighted by Crippen LogP contribution is 2.77. The summed E-state index contributed by atoms with van der Waals surface area (Å²) < 4.78 is 0. The predicted octanol–water partition coefficient (Wildman–Crippen LogP) is 9.90. The molecule has 1 aromatic carbocycles. The summed E-state index contributed by atoms with van der Waals surface area (Å²) in [6.07, 6.45) is 14.0. The van der Waals surface area contributed by atoms with Crippen LogP contribution in [0.5, 0.6) is 0 Å². The van der Waals surface area contributed by atoms with Crippen molar-refractivity contribution < 1.29 is 14.7 Å². The molecule has 0 saturated heterocycles. The van der Waals surface area contributed by atoms with E-state index in [1.807, 2.05) is 12.1 Å². The number of benzene rings is 1. The molecule has 0 aromatic heterocycles. The van der Waals surface area contributed by atoms with Gasteiger partial charge in [0.2, 0.25) is 0 Å². The molecule has 0 spiro atoms. The third-order valence-electron chi connectivity index (χ3n) is 16.1. The van der Waals surface area contributed by atoms with Crippen LogP contribution in [-0.4, -0.2) is 48.8 Å². The first-order chi connectivity index (χ1) is 22.7. The molecule has 4 unspecified atom stereocenters. The van der Waals surface area contributed by atoms with E-state index in [2.05, 4.69) is 78.4 Å². The minimum atomic E-state index is -0.858. The van der Waals surface area contributed by atoms with E-state index in [0.29, 0.717) is 46.0 Å². The molecule has 5 aliphatic rings. The number of fused-ring (bicyclic) bond motifs is 7. The van der Waals surface area contributed by atoms with Gasteiger partial charge in [0.1, 0.15) is 0 Å². The molecular weight excluding hydrogens is 592 g/mol. The number of rotatable bonds is 11. The first-order valence-electron chi connectivity index (χ1n) is 19.5. The van der Waals surface area contributed by atoms with Gasteiger partial charge < -0.3 is 14.8 Å². The number of likely N-dealkylation sites (N-methyl/N-ethyl adjacent to an activating group) is 1. The second-order valence-corrected chi connectivity index (χ2v) is 18.2. The maximum Gasteiger partial charge on any atom is 0.335 e. The monoisotopic (exact) mass is 659 g/mol. The van der Waals surface area contributed by atoms with E-state index >= 15 is 0 Å². The lowest BCUT2D eigenvalue weighted by Gasteiger charge is -2.72. The summed E-state index contributed by atoms with van der Waals surface area (Å²) in [7, 11) is 0. The molecule has 266 valence electrons. The van der Waals surface area contributed by atoms with Crippen molar-refractivity contribution in [2.45, 2.75) is 113 Å². The highest BCUT2D eigenvalue weighted by Gasteiger charge is 2.70. The van der Waals surface area contributed by atoms with Gasteiger partial charge in [-0.25, -0.2) is 10.3 Å². The van der Waals surface area contributed by atoms with E-state index in [-0.39, 0.29) is 16.2 Å². The fourth-order valence-electron chi connectivity index (χ4n) is 13.4. The summed E-state index contributed by atoms with van der Waals surface area (Å²) in [6, 6.07) is 7.63. The SMILES string of the molecule is C=C(C)[C@@H]1CC[C@]2(CONCCN(CC)CC)CC[C@]3(C)C(CCC4[C@@]5(C)CC=C(c6ccc(C(=O)O)cc6)C(C)(C)C5CC[C@]43C)C12. The Hall–Kier alpha value is -1.95. The van der Waals surface area contributed by atoms with Crippen molar-refractivity contribution >= 4 is 11.5 Å².